The third kappa shape index (κ3) is 11.8. The third-order valence-corrected chi connectivity index (χ3v) is 7.85. The minimum absolute atomic E-state index is 0.0303. The van der Waals surface area contributed by atoms with Crippen molar-refractivity contribution in [3.63, 3.8) is 0 Å². The number of carbonyl (C=O) groups excluding carboxylic acids is 2. The number of carboxylic acids is 1. The highest BCUT2D eigenvalue weighted by molar-refractivity contribution is 5.79. The summed E-state index contributed by atoms with van der Waals surface area (Å²) in [6.45, 7) is -1.65. The number of benzene rings is 2. The van der Waals surface area contributed by atoms with Crippen molar-refractivity contribution in [3.05, 3.63) is 71.3 Å². The van der Waals surface area contributed by atoms with Crippen molar-refractivity contribution >= 4 is 17.8 Å². The maximum absolute atomic E-state index is 12.7. The van der Waals surface area contributed by atoms with E-state index in [0.29, 0.717) is 11.1 Å². The number of carbonyl (C=O) groups is 3. The average molecular weight is 665 g/mol. The summed E-state index contributed by atoms with van der Waals surface area (Å²) >= 11 is 0. The Hall–Kier alpha value is -4.27. The van der Waals surface area contributed by atoms with E-state index in [1.807, 2.05) is 12.1 Å². The van der Waals surface area contributed by atoms with E-state index in [-0.39, 0.29) is 13.0 Å². The van der Waals surface area contributed by atoms with Crippen molar-refractivity contribution in [1.29, 1.82) is 0 Å². The average Bonchev–Trinajstić information content (AvgIpc) is 3.09. The van der Waals surface area contributed by atoms with E-state index in [4.69, 9.17) is 15.9 Å². The van der Waals surface area contributed by atoms with Gasteiger partial charge in [0, 0.05) is 31.4 Å². The summed E-state index contributed by atoms with van der Waals surface area (Å²) in [5.41, 5.74) is 2.11. The second-order valence-electron chi connectivity index (χ2n) is 11.6. The number of rotatable bonds is 17. The molecule has 258 valence electrons. The highest BCUT2D eigenvalue weighted by atomic mass is 16.7. The van der Waals surface area contributed by atoms with E-state index >= 15 is 0 Å². The molecule has 0 radical (unpaired) electrons. The summed E-state index contributed by atoms with van der Waals surface area (Å²) < 4.78 is 11.4. The van der Waals surface area contributed by atoms with Gasteiger partial charge >= 0.3 is 5.97 Å². The number of unbranched alkanes of at least 4 members (excludes halogenated alkanes) is 5. The van der Waals surface area contributed by atoms with Crippen molar-refractivity contribution in [2.24, 2.45) is 0 Å². The quantitative estimate of drug-likeness (QED) is 0.0948. The third-order valence-electron chi connectivity index (χ3n) is 7.85. The number of hydrogen-bond acceptors (Lipinski definition) is 9. The molecule has 3 rings (SSSR count). The second-order valence-corrected chi connectivity index (χ2v) is 11.6. The lowest BCUT2D eigenvalue weighted by Crippen LogP contribution is -2.68. The normalized spacial score (nSPS) is 21.5. The van der Waals surface area contributed by atoms with Gasteiger partial charge in [0.1, 0.15) is 18.8 Å². The van der Waals surface area contributed by atoms with Gasteiger partial charge in [-0.2, -0.15) is 0 Å². The van der Waals surface area contributed by atoms with Gasteiger partial charge < -0.3 is 45.6 Å². The minimum atomic E-state index is -2.46. The highest BCUT2D eigenvalue weighted by Gasteiger charge is 2.55. The Morgan fingerprint density at radius 1 is 0.979 bits per heavy atom. The summed E-state index contributed by atoms with van der Waals surface area (Å²) in [7, 11) is 0. The molecule has 1 aliphatic heterocycles. The van der Waals surface area contributed by atoms with E-state index in [1.54, 1.807) is 42.5 Å². The molecule has 1 fully saturated rings. The number of aliphatic carboxylic acids is 1. The smallest absolute Gasteiger partial charge is 0.364 e. The van der Waals surface area contributed by atoms with E-state index in [2.05, 4.69) is 28.4 Å². The van der Waals surface area contributed by atoms with Gasteiger partial charge in [0.15, 0.2) is 0 Å². The molecule has 0 unspecified atom stereocenters. The first-order valence-electron chi connectivity index (χ1n) is 15.9. The van der Waals surface area contributed by atoms with Crippen molar-refractivity contribution < 1.29 is 49.4 Å². The zero-order chi connectivity index (χ0) is 34.9. The second kappa shape index (κ2) is 19.5. The summed E-state index contributed by atoms with van der Waals surface area (Å²) in [5.74, 6) is 3.43. The van der Waals surface area contributed by atoms with Gasteiger partial charge in [-0.1, -0.05) is 67.1 Å². The van der Waals surface area contributed by atoms with E-state index in [1.165, 1.54) is 0 Å². The van der Waals surface area contributed by atoms with Crippen molar-refractivity contribution in [2.75, 3.05) is 13.2 Å². The van der Waals surface area contributed by atoms with Crippen LogP contribution in [-0.4, -0.2) is 92.7 Å². The summed E-state index contributed by atoms with van der Waals surface area (Å²) in [6, 6.07) is 14.3. The zero-order valence-corrected chi connectivity index (χ0v) is 26.7. The molecule has 1 aliphatic rings. The maximum Gasteiger partial charge on any atom is 0.364 e. The number of aliphatic hydroxyl groups is 4. The molecule has 0 bridgehead atoms. The van der Waals surface area contributed by atoms with Crippen molar-refractivity contribution in [1.82, 2.24) is 10.6 Å². The molecule has 0 aliphatic carbocycles. The molecular formula is C36H44N2O10. The molecule has 48 heavy (non-hydrogen) atoms. The molecule has 0 aromatic heterocycles. The fourth-order valence-electron chi connectivity index (χ4n) is 5.19. The Balaban J connectivity index is 1.59. The van der Waals surface area contributed by atoms with Crippen molar-refractivity contribution in [3.8, 4) is 24.2 Å². The SMILES string of the molecule is C#CCCCCCCC#Cc1ccc(CC(=O)NC[C@@H](O)[C@@H](O)[C@@H]2O[C@@](OCc3ccccc3)(C(=O)O)C[C@H](O)[C@H]2NC(=O)CO)cc1. The predicted molar refractivity (Wildman–Crippen MR) is 175 cm³/mol. The summed E-state index contributed by atoms with van der Waals surface area (Å²) in [5, 5.41) is 56.9. The number of aliphatic hydroxyl groups excluding tert-OH is 4. The Morgan fingerprint density at radius 3 is 2.31 bits per heavy atom. The lowest BCUT2D eigenvalue weighted by Gasteiger charge is -2.46. The maximum atomic E-state index is 12.7. The van der Waals surface area contributed by atoms with Gasteiger partial charge in [-0.3, -0.25) is 9.59 Å². The molecule has 1 heterocycles. The molecule has 2 amide bonds. The number of amides is 2. The van der Waals surface area contributed by atoms with Gasteiger partial charge in [-0.25, -0.2) is 4.79 Å². The molecule has 0 saturated carbocycles. The number of ether oxygens (including phenoxy) is 2. The van der Waals surface area contributed by atoms with Crippen LogP contribution in [0.5, 0.6) is 0 Å². The fraction of sp³-hybridized carbons (Fsp3) is 0.472. The first-order valence-corrected chi connectivity index (χ1v) is 15.9. The van der Waals surface area contributed by atoms with Crippen LogP contribution < -0.4 is 10.6 Å². The van der Waals surface area contributed by atoms with Crippen LogP contribution in [0.4, 0.5) is 0 Å². The van der Waals surface area contributed by atoms with Crippen LogP contribution in [-0.2, 0) is 36.9 Å². The Labute approximate surface area is 280 Å². The molecule has 12 heteroatoms. The van der Waals surface area contributed by atoms with Crippen LogP contribution in [0, 0.1) is 24.2 Å². The van der Waals surface area contributed by atoms with Gasteiger partial charge in [-0.15, -0.1) is 12.3 Å². The Kier molecular flexibility index (Phi) is 15.5. The highest BCUT2D eigenvalue weighted by Crippen LogP contribution is 2.34. The first-order chi connectivity index (χ1) is 23.1. The lowest BCUT2D eigenvalue weighted by molar-refractivity contribution is -0.314. The fourth-order valence-corrected chi connectivity index (χ4v) is 5.19. The predicted octanol–water partition coefficient (Wildman–Crippen LogP) is 1.02. The molecule has 1 saturated heterocycles. The van der Waals surface area contributed by atoms with Crippen LogP contribution >= 0.6 is 0 Å². The lowest BCUT2D eigenvalue weighted by atomic mass is 9.88. The van der Waals surface area contributed by atoms with Crippen molar-refractivity contribution in [2.45, 2.75) is 94.2 Å². The monoisotopic (exact) mass is 664 g/mol. The Bertz CT molecular complexity index is 1430. The molecule has 2 aromatic carbocycles. The van der Waals surface area contributed by atoms with Crippen LogP contribution in [0.1, 0.15) is 61.6 Å². The molecule has 0 spiro atoms. The van der Waals surface area contributed by atoms with Crippen LogP contribution in [0.25, 0.3) is 0 Å². The van der Waals surface area contributed by atoms with Crippen LogP contribution in [0.3, 0.4) is 0 Å². The zero-order valence-electron chi connectivity index (χ0n) is 26.7. The minimum Gasteiger partial charge on any atom is -0.477 e. The van der Waals surface area contributed by atoms with Gasteiger partial charge in [0.25, 0.3) is 5.79 Å². The molecule has 7 N–H and O–H groups in total. The summed E-state index contributed by atoms with van der Waals surface area (Å²) in [4.78, 5) is 37.1. The van der Waals surface area contributed by atoms with Gasteiger partial charge in [0.2, 0.25) is 11.8 Å². The molecule has 2 aromatic rings. The molecular weight excluding hydrogens is 620 g/mol. The standard InChI is InChI=1S/C36H44N2O10/c1-2-3-4-5-6-7-8-10-13-25-16-18-26(19-17-25)20-30(42)37-22-29(41)33(44)34-32(38-31(43)23-39)28(40)21-36(48-34,35(45)46)47-24-27-14-11-9-12-15-27/h1,9,11-12,14-19,28-29,32-34,39-41,44H,3-8,20-24H2,(H,37,42)(H,38,43)(H,45,46)/t28-,29+,32+,33+,34+,36+/m0/s1. The summed E-state index contributed by atoms with van der Waals surface area (Å²) in [6.07, 6.45) is 3.41. The van der Waals surface area contributed by atoms with Crippen LogP contribution in [0.2, 0.25) is 0 Å². The first kappa shape index (κ1) is 38.2. The van der Waals surface area contributed by atoms with E-state index in [9.17, 15) is 39.9 Å². The number of terminal acetylenes is 1. The van der Waals surface area contributed by atoms with Gasteiger partial charge in [0.05, 0.1) is 31.3 Å². The number of nitrogens with one attached hydrogen (secondary N) is 2. The largest absolute Gasteiger partial charge is 0.477 e. The number of hydrogen-bond donors (Lipinski definition) is 7. The Morgan fingerprint density at radius 2 is 1.67 bits per heavy atom. The van der Waals surface area contributed by atoms with E-state index < -0.39 is 73.6 Å². The van der Waals surface area contributed by atoms with E-state index in [0.717, 1.165) is 44.1 Å². The van der Waals surface area contributed by atoms with Gasteiger partial charge in [-0.05, 0) is 36.1 Å². The molecule has 12 nitrogen and oxygen atoms in total. The number of carboxylic acid groups (broad SMARTS) is 1. The topological polar surface area (TPSA) is 195 Å². The van der Waals surface area contributed by atoms with Crippen LogP contribution in [0.15, 0.2) is 54.6 Å². The molecule has 6 atom stereocenters.